The number of nitriles is 1. The van der Waals surface area contributed by atoms with Gasteiger partial charge in [-0.05, 0) is 75.2 Å². The molecule has 1 saturated heterocycles. The molecule has 0 amide bonds. The Hall–Kier alpha value is -2.62. The lowest BCUT2D eigenvalue weighted by molar-refractivity contribution is 0.154. The van der Waals surface area contributed by atoms with Crippen molar-refractivity contribution >= 4 is 5.69 Å². The molecule has 0 aliphatic carbocycles. The Kier molecular flexibility index (Phi) is 7.67. The van der Waals surface area contributed by atoms with E-state index in [-0.39, 0.29) is 5.82 Å². The molecule has 30 heavy (non-hydrogen) atoms. The zero-order chi connectivity index (χ0) is 21.5. The molecule has 1 unspecified atom stereocenters. The molecule has 1 heterocycles. The number of likely N-dealkylation sites (tertiary alicyclic amines) is 1. The van der Waals surface area contributed by atoms with Gasteiger partial charge in [-0.15, -0.1) is 0 Å². The summed E-state index contributed by atoms with van der Waals surface area (Å²) in [7, 11) is 1.65. The molecule has 0 bridgehead atoms. The number of nitrogens with two attached hydrogens (primary N) is 1. The maximum atomic E-state index is 14.5. The number of benzene rings is 2. The van der Waals surface area contributed by atoms with Gasteiger partial charge in [-0.1, -0.05) is 0 Å². The second-order valence-electron chi connectivity index (χ2n) is 7.94. The number of ether oxygens (including phenoxy) is 1. The molecule has 3 rings (SSSR count). The van der Waals surface area contributed by atoms with Crippen LogP contribution in [0.5, 0.6) is 5.75 Å². The van der Waals surface area contributed by atoms with Crippen LogP contribution in [0.25, 0.3) is 0 Å². The van der Waals surface area contributed by atoms with Crippen molar-refractivity contribution in [1.29, 1.82) is 5.26 Å². The number of hydrogen-bond acceptors (Lipinski definition) is 5. The first-order valence-electron chi connectivity index (χ1n) is 10.6. The van der Waals surface area contributed by atoms with Crippen LogP contribution in [-0.2, 0) is 6.54 Å². The number of halogens is 1. The van der Waals surface area contributed by atoms with Gasteiger partial charge in [0.2, 0.25) is 0 Å². The van der Waals surface area contributed by atoms with Crippen LogP contribution in [0.3, 0.4) is 0 Å². The van der Waals surface area contributed by atoms with E-state index in [1.54, 1.807) is 13.2 Å². The smallest absolute Gasteiger partial charge is 0.128 e. The van der Waals surface area contributed by atoms with Crippen molar-refractivity contribution in [2.45, 2.75) is 44.8 Å². The van der Waals surface area contributed by atoms with Crippen LogP contribution in [0.4, 0.5) is 10.1 Å². The minimum absolute atomic E-state index is 0.276. The maximum absolute atomic E-state index is 14.5. The van der Waals surface area contributed by atoms with Gasteiger partial charge in [-0.3, -0.25) is 0 Å². The number of hydrogen-bond donors (Lipinski definition) is 1. The number of methoxy groups -OCH3 is 1. The second kappa shape index (κ2) is 10.4. The van der Waals surface area contributed by atoms with Crippen LogP contribution >= 0.6 is 0 Å². The normalized spacial score (nSPS) is 16.1. The zero-order valence-corrected chi connectivity index (χ0v) is 17.9. The van der Waals surface area contributed by atoms with Crippen LogP contribution in [0.2, 0.25) is 0 Å². The molecule has 160 valence electrons. The van der Waals surface area contributed by atoms with E-state index >= 15 is 0 Å². The molecule has 0 spiro atoms. The fourth-order valence-electron chi connectivity index (χ4n) is 4.22. The summed E-state index contributed by atoms with van der Waals surface area (Å²) in [5.74, 6) is 0.517. The predicted molar refractivity (Wildman–Crippen MR) is 118 cm³/mol. The maximum Gasteiger partial charge on any atom is 0.128 e. The van der Waals surface area contributed by atoms with Crippen molar-refractivity contribution in [3.8, 4) is 11.8 Å². The number of nitrogens with zero attached hydrogens (tertiary/aromatic N) is 3. The molecular formula is C24H31FN4O. The number of piperidine rings is 1. The van der Waals surface area contributed by atoms with Crippen molar-refractivity contribution in [3.05, 3.63) is 59.4 Å². The lowest BCUT2D eigenvalue weighted by Gasteiger charge is -2.42. The molecule has 5 nitrogen and oxygen atoms in total. The Morgan fingerprint density at radius 3 is 2.53 bits per heavy atom. The molecule has 2 aromatic carbocycles. The van der Waals surface area contributed by atoms with E-state index in [0.29, 0.717) is 36.3 Å². The number of anilines is 1. The third-order valence-electron chi connectivity index (χ3n) is 6.07. The van der Waals surface area contributed by atoms with Gasteiger partial charge in [-0.2, -0.15) is 5.26 Å². The van der Waals surface area contributed by atoms with Gasteiger partial charge in [0.15, 0.2) is 0 Å². The molecule has 1 atom stereocenters. The largest absolute Gasteiger partial charge is 0.497 e. The molecule has 2 N–H and O–H groups in total. The zero-order valence-electron chi connectivity index (χ0n) is 17.9. The van der Waals surface area contributed by atoms with Gasteiger partial charge < -0.3 is 20.3 Å². The molecule has 1 aliphatic rings. The van der Waals surface area contributed by atoms with E-state index in [2.05, 4.69) is 22.8 Å². The molecule has 6 heteroatoms. The van der Waals surface area contributed by atoms with E-state index in [9.17, 15) is 9.65 Å². The summed E-state index contributed by atoms with van der Waals surface area (Å²) in [6.45, 7) is 5.36. The predicted octanol–water partition coefficient (Wildman–Crippen LogP) is 3.91. The van der Waals surface area contributed by atoms with Crippen molar-refractivity contribution in [2.24, 2.45) is 5.73 Å². The van der Waals surface area contributed by atoms with E-state index in [1.807, 2.05) is 24.3 Å². The third-order valence-corrected chi connectivity index (χ3v) is 6.07. The van der Waals surface area contributed by atoms with Gasteiger partial charge in [-0.25, -0.2) is 4.39 Å². The molecule has 0 radical (unpaired) electrons. The van der Waals surface area contributed by atoms with Crippen molar-refractivity contribution in [3.63, 3.8) is 0 Å². The molecule has 1 fully saturated rings. The van der Waals surface area contributed by atoms with Crippen LogP contribution in [0.1, 0.15) is 37.3 Å². The van der Waals surface area contributed by atoms with Gasteiger partial charge in [0.1, 0.15) is 11.6 Å². The summed E-state index contributed by atoms with van der Waals surface area (Å²) in [4.78, 5) is 4.76. The Balaban J connectivity index is 1.83. The molecule has 0 aromatic heterocycles. The quantitative estimate of drug-likeness (QED) is 0.715. The Labute approximate surface area is 178 Å². The molecule has 1 aliphatic heterocycles. The summed E-state index contributed by atoms with van der Waals surface area (Å²) >= 11 is 0. The average molecular weight is 411 g/mol. The minimum atomic E-state index is -0.276. The minimum Gasteiger partial charge on any atom is -0.497 e. The number of rotatable bonds is 8. The van der Waals surface area contributed by atoms with Crippen molar-refractivity contribution in [2.75, 3.05) is 31.6 Å². The van der Waals surface area contributed by atoms with Crippen molar-refractivity contribution < 1.29 is 9.13 Å². The first kappa shape index (κ1) is 22.1. The Morgan fingerprint density at radius 2 is 1.93 bits per heavy atom. The van der Waals surface area contributed by atoms with Crippen LogP contribution in [0.15, 0.2) is 42.5 Å². The first-order chi connectivity index (χ1) is 14.5. The fourth-order valence-corrected chi connectivity index (χ4v) is 4.22. The standard InChI is InChI=1S/C24H31FN4O/c1-18(9-12-26)28-13-10-22(11-14-28)29(21-4-6-23(30-2)7-5-21)17-20-15-19(16-27)3-8-24(20)25/h3-8,15,18,22H,9-14,17,26H2,1-2H3. The highest BCUT2D eigenvalue weighted by atomic mass is 19.1. The summed E-state index contributed by atoms with van der Waals surface area (Å²) in [6, 6.07) is 15.4. The van der Waals surface area contributed by atoms with E-state index in [0.717, 1.165) is 43.8 Å². The van der Waals surface area contributed by atoms with E-state index < -0.39 is 0 Å². The third kappa shape index (κ3) is 5.29. The summed E-state index contributed by atoms with van der Waals surface area (Å²) < 4.78 is 19.8. The topological polar surface area (TPSA) is 65.5 Å². The van der Waals surface area contributed by atoms with Gasteiger partial charge in [0, 0.05) is 43.0 Å². The highest BCUT2D eigenvalue weighted by molar-refractivity contribution is 5.51. The van der Waals surface area contributed by atoms with E-state index in [1.165, 1.54) is 12.1 Å². The van der Waals surface area contributed by atoms with Gasteiger partial charge >= 0.3 is 0 Å². The molecule has 2 aromatic rings. The summed E-state index contributed by atoms with van der Waals surface area (Å²) in [5, 5.41) is 9.22. The Bertz CT molecular complexity index is 856. The van der Waals surface area contributed by atoms with Crippen LogP contribution in [0, 0.1) is 17.1 Å². The fraction of sp³-hybridized carbons (Fsp3) is 0.458. The average Bonchev–Trinajstić information content (AvgIpc) is 2.79. The van der Waals surface area contributed by atoms with E-state index in [4.69, 9.17) is 10.5 Å². The lowest BCUT2D eigenvalue weighted by atomic mass is 9.99. The lowest BCUT2D eigenvalue weighted by Crippen LogP contribution is -2.47. The highest BCUT2D eigenvalue weighted by Crippen LogP contribution is 2.29. The summed E-state index contributed by atoms with van der Waals surface area (Å²) in [6.07, 6.45) is 3.00. The summed E-state index contributed by atoms with van der Waals surface area (Å²) in [5.41, 5.74) is 7.79. The SMILES string of the molecule is COc1ccc(N(Cc2cc(C#N)ccc2F)C2CCN(C(C)CCN)CC2)cc1. The molecular weight excluding hydrogens is 379 g/mol. The van der Waals surface area contributed by atoms with Crippen molar-refractivity contribution in [1.82, 2.24) is 4.90 Å². The molecule has 0 saturated carbocycles. The van der Waals surface area contributed by atoms with Gasteiger partial charge in [0.05, 0.1) is 18.7 Å². The second-order valence-corrected chi connectivity index (χ2v) is 7.94. The van der Waals surface area contributed by atoms with Crippen LogP contribution in [-0.4, -0.2) is 43.7 Å². The first-order valence-corrected chi connectivity index (χ1v) is 10.6. The highest BCUT2D eigenvalue weighted by Gasteiger charge is 2.27. The van der Waals surface area contributed by atoms with Gasteiger partial charge in [0.25, 0.3) is 0 Å². The monoisotopic (exact) mass is 410 g/mol. The van der Waals surface area contributed by atoms with Crippen LogP contribution < -0.4 is 15.4 Å². The Morgan fingerprint density at radius 1 is 1.23 bits per heavy atom.